The molecule has 0 bridgehead atoms. The van der Waals surface area contributed by atoms with Gasteiger partial charge in [0.15, 0.2) is 0 Å². The molecule has 1 N–H and O–H groups in total. The van der Waals surface area contributed by atoms with Gasteiger partial charge in [-0.25, -0.2) is 0 Å². The minimum Gasteiger partial charge on any atom is -0.481 e. The Morgan fingerprint density at radius 2 is 1.50 bits per heavy atom. The van der Waals surface area contributed by atoms with Crippen molar-refractivity contribution >= 4 is 17.8 Å². The zero-order chi connectivity index (χ0) is 13.7. The zero-order valence-corrected chi connectivity index (χ0v) is 10.9. The molecule has 1 heterocycles. The van der Waals surface area contributed by atoms with E-state index in [0.717, 1.165) is 0 Å². The summed E-state index contributed by atoms with van der Waals surface area (Å²) in [6.07, 6.45) is -0.0998. The average Bonchev–Trinajstić information content (AvgIpc) is 2.35. The lowest BCUT2D eigenvalue weighted by atomic mass is 10.1. The highest BCUT2D eigenvalue weighted by Gasteiger charge is 2.25. The van der Waals surface area contributed by atoms with Gasteiger partial charge in [0.1, 0.15) is 0 Å². The second kappa shape index (κ2) is 6.37. The molecule has 1 aliphatic heterocycles. The maximum absolute atomic E-state index is 11.7. The van der Waals surface area contributed by atoms with E-state index in [-0.39, 0.29) is 30.6 Å². The minimum absolute atomic E-state index is 0.0285. The van der Waals surface area contributed by atoms with E-state index in [1.54, 1.807) is 9.80 Å². The highest BCUT2D eigenvalue weighted by Crippen LogP contribution is 2.08. The Morgan fingerprint density at radius 3 is 1.94 bits per heavy atom. The maximum atomic E-state index is 11.7. The first-order chi connectivity index (χ1) is 8.41. The summed E-state index contributed by atoms with van der Waals surface area (Å²) in [4.78, 5) is 37.2. The molecule has 1 saturated heterocycles. The highest BCUT2D eigenvalue weighted by molar-refractivity contribution is 5.81. The summed E-state index contributed by atoms with van der Waals surface area (Å²) in [6.45, 7) is 5.78. The summed E-state index contributed by atoms with van der Waals surface area (Å²) in [5.41, 5.74) is 0. The fourth-order valence-corrected chi connectivity index (χ4v) is 1.91. The molecule has 0 radical (unpaired) electrons. The first-order valence-corrected chi connectivity index (χ1v) is 6.20. The number of amides is 2. The van der Waals surface area contributed by atoms with Crippen LogP contribution in [-0.4, -0.2) is 58.9 Å². The molecular weight excluding hydrogens is 236 g/mol. The summed E-state index contributed by atoms with van der Waals surface area (Å²) in [5.74, 6) is -1.03. The van der Waals surface area contributed by atoms with Gasteiger partial charge in [-0.1, -0.05) is 13.8 Å². The molecule has 1 aliphatic rings. The molecule has 0 spiro atoms. The second-order valence-electron chi connectivity index (χ2n) is 4.75. The molecule has 6 nitrogen and oxygen atoms in total. The molecule has 6 heteroatoms. The number of carbonyl (C=O) groups excluding carboxylic acids is 2. The van der Waals surface area contributed by atoms with Crippen molar-refractivity contribution in [2.45, 2.75) is 26.7 Å². The van der Waals surface area contributed by atoms with Crippen molar-refractivity contribution in [1.82, 2.24) is 9.80 Å². The molecule has 0 aliphatic carbocycles. The molecule has 1 fully saturated rings. The van der Waals surface area contributed by atoms with Crippen LogP contribution in [-0.2, 0) is 14.4 Å². The summed E-state index contributed by atoms with van der Waals surface area (Å²) in [5, 5.41) is 8.51. The van der Waals surface area contributed by atoms with Crippen LogP contribution in [0.3, 0.4) is 0 Å². The Balaban J connectivity index is 2.37. The van der Waals surface area contributed by atoms with Gasteiger partial charge in [-0.2, -0.15) is 0 Å². The van der Waals surface area contributed by atoms with Crippen LogP contribution in [0.1, 0.15) is 26.7 Å². The third kappa shape index (κ3) is 4.01. The SMILES string of the molecule is CC(C)C(=O)N1CCN(C(=O)CCC(=O)O)CC1. The van der Waals surface area contributed by atoms with E-state index in [9.17, 15) is 14.4 Å². The summed E-state index contributed by atoms with van der Waals surface area (Å²) in [6, 6.07) is 0. The van der Waals surface area contributed by atoms with E-state index in [1.807, 2.05) is 13.8 Å². The number of piperazine rings is 1. The van der Waals surface area contributed by atoms with Crippen LogP contribution in [0, 0.1) is 5.92 Å². The molecule has 0 aromatic carbocycles. The van der Waals surface area contributed by atoms with E-state index in [2.05, 4.69) is 0 Å². The number of nitrogens with zero attached hydrogens (tertiary/aromatic N) is 2. The van der Waals surface area contributed by atoms with Gasteiger partial charge in [0, 0.05) is 38.5 Å². The number of hydrogen-bond donors (Lipinski definition) is 1. The van der Waals surface area contributed by atoms with Crippen molar-refractivity contribution in [3.05, 3.63) is 0 Å². The monoisotopic (exact) mass is 256 g/mol. The van der Waals surface area contributed by atoms with E-state index in [4.69, 9.17) is 5.11 Å². The van der Waals surface area contributed by atoms with E-state index in [0.29, 0.717) is 26.2 Å². The van der Waals surface area contributed by atoms with Crippen LogP contribution in [0.25, 0.3) is 0 Å². The lowest BCUT2D eigenvalue weighted by molar-refractivity contribution is -0.143. The van der Waals surface area contributed by atoms with Gasteiger partial charge in [-0.15, -0.1) is 0 Å². The Labute approximate surface area is 107 Å². The predicted octanol–water partition coefficient (Wildman–Crippen LogP) is 0.178. The normalized spacial score (nSPS) is 15.9. The number of rotatable bonds is 4. The minimum atomic E-state index is -0.961. The molecule has 18 heavy (non-hydrogen) atoms. The van der Waals surface area contributed by atoms with Crippen LogP contribution in [0.5, 0.6) is 0 Å². The van der Waals surface area contributed by atoms with Gasteiger partial charge in [-0.05, 0) is 0 Å². The van der Waals surface area contributed by atoms with Crippen LogP contribution in [0.4, 0.5) is 0 Å². The molecule has 0 unspecified atom stereocenters. The number of hydrogen-bond acceptors (Lipinski definition) is 3. The molecule has 2 amide bonds. The zero-order valence-electron chi connectivity index (χ0n) is 10.9. The van der Waals surface area contributed by atoms with Crippen LogP contribution >= 0.6 is 0 Å². The number of carboxylic acids is 1. The van der Waals surface area contributed by atoms with Crippen molar-refractivity contribution in [2.24, 2.45) is 5.92 Å². The lowest BCUT2D eigenvalue weighted by Crippen LogP contribution is -2.51. The molecule has 102 valence electrons. The second-order valence-corrected chi connectivity index (χ2v) is 4.75. The molecule has 1 rings (SSSR count). The first kappa shape index (κ1) is 14.5. The van der Waals surface area contributed by atoms with Crippen molar-refractivity contribution in [2.75, 3.05) is 26.2 Å². The van der Waals surface area contributed by atoms with Gasteiger partial charge >= 0.3 is 5.97 Å². The Kier molecular flexibility index (Phi) is 5.12. The third-order valence-electron chi connectivity index (χ3n) is 2.99. The number of aliphatic carboxylic acids is 1. The molecule has 0 atom stereocenters. The van der Waals surface area contributed by atoms with Crippen molar-refractivity contribution < 1.29 is 19.5 Å². The highest BCUT2D eigenvalue weighted by atomic mass is 16.4. The largest absolute Gasteiger partial charge is 0.481 e. The predicted molar refractivity (Wildman–Crippen MR) is 64.9 cm³/mol. The summed E-state index contributed by atoms with van der Waals surface area (Å²) < 4.78 is 0. The van der Waals surface area contributed by atoms with Crippen LogP contribution < -0.4 is 0 Å². The fourth-order valence-electron chi connectivity index (χ4n) is 1.91. The van der Waals surface area contributed by atoms with E-state index >= 15 is 0 Å². The number of carboxylic acid groups (broad SMARTS) is 1. The van der Waals surface area contributed by atoms with Gasteiger partial charge in [0.2, 0.25) is 11.8 Å². The molecular formula is C12H20N2O4. The quantitative estimate of drug-likeness (QED) is 0.778. The Bertz CT molecular complexity index is 333. The fraction of sp³-hybridized carbons (Fsp3) is 0.750. The van der Waals surface area contributed by atoms with Crippen LogP contribution in [0.15, 0.2) is 0 Å². The van der Waals surface area contributed by atoms with Crippen molar-refractivity contribution in [3.63, 3.8) is 0 Å². The van der Waals surface area contributed by atoms with Crippen molar-refractivity contribution in [1.29, 1.82) is 0 Å². The molecule has 0 aromatic rings. The van der Waals surface area contributed by atoms with Gasteiger partial charge in [0.25, 0.3) is 0 Å². The van der Waals surface area contributed by atoms with E-state index in [1.165, 1.54) is 0 Å². The van der Waals surface area contributed by atoms with Gasteiger partial charge < -0.3 is 14.9 Å². The summed E-state index contributed by atoms with van der Waals surface area (Å²) >= 11 is 0. The third-order valence-corrected chi connectivity index (χ3v) is 2.99. The summed E-state index contributed by atoms with van der Waals surface area (Å²) in [7, 11) is 0. The van der Waals surface area contributed by atoms with Gasteiger partial charge in [0.05, 0.1) is 6.42 Å². The number of carbonyl (C=O) groups is 3. The maximum Gasteiger partial charge on any atom is 0.303 e. The lowest BCUT2D eigenvalue weighted by Gasteiger charge is -2.35. The van der Waals surface area contributed by atoms with Crippen LogP contribution in [0.2, 0.25) is 0 Å². The molecule has 0 aromatic heterocycles. The topological polar surface area (TPSA) is 77.9 Å². The Morgan fingerprint density at radius 1 is 1.00 bits per heavy atom. The smallest absolute Gasteiger partial charge is 0.303 e. The average molecular weight is 256 g/mol. The molecule has 0 saturated carbocycles. The first-order valence-electron chi connectivity index (χ1n) is 6.20. The van der Waals surface area contributed by atoms with Gasteiger partial charge in [-0.3, -0.25) is 14.4 Å². The van der Waals surface area contributed by atoms with E-state index < -0.39 is 5.97 Å². The Hall–Kier alpha value is -1.59. The standard InChI is InChI=1S/C12H20N2O4/c1-9(2)12(18)14-7-5-13(6-8-14)10(15)3-4-11(16)17/h9H,3-8H2,1-2H3,(H,16,17). The van der Waals surface area contributed by atoms with Crippen molar-refractivity contribution in [3.8, 4) is 0 Å².